The Morgan fingerprint density at radius 3 is 2.68 bits per heavy atom. The molecule has 1 amide bonds. The minimum absolute atomic E-state index is 0.0612. The van der Waals surface area contributed by atoms with Gasteiger partial charge < -0.3 is 14.6 Å². The Hall–Kier alpha value is -2.30. The van der Waals surface area contributed by atoms with E-state index in [-0.39, 0.29) is 12.5 Å². The fourth-order valence-electron chi connectivity index (χ4n) is 2.07. The molecule has 0 bridgehead atoms. The number of fused-ring (bicyclic) bond motifs is 1. The van der Waals surface area contributed by atoms with Crippen LogP contribution in [0.2, 0.25) is 0 Å². The highest BCUT2D eigenvalue weighted by Gasteiger charge is 2.20. The molecule has 100 valence electrons. The summed E-state index contributed by atoms with van der Waals surface area (Å²) in [4.78, 5) is 28.1. The van der Waals surface area contributed by atoms with Crippen LogP contribution in [0, 0.1) is 6.92 Å². The van der Waals surface area contributed by atoms with Crippen LogP contribution >= 0.6 is 0 Å². The molecule has 0 unspecified atom stereocenters. The van der Waals surface area contributed by atoms with Crippen LogP contribution in [0.1, 0.15) is 16.1 Å². The summed E-state index contributed by atoms with van der Waals surface area (Å²) in [5.41, 5.74) is 2.31. The highest BCUT2D eigenvalue weighted by molar-refractivity contribution is 6.08. The smallest absolute Gasteiger partial charge is 0.325 e. The van der Waals surface area contributed by atoms with Crippen molar-refractivity contribution >= 4 is 22.8 Å². The number of hydrogen-bond donors (Lipinski definition) is 1. The predicted molar refractivity (Wildman–Crippen MR) is 72.0 cm³/mol. The van der Waals surface area contributed by atoms with Gasteiger partial charge in [-0.3, -0.25) is 9.59 Å². The van der Waals surface area contributed by atoms with Gasteiger partial charge in [-0.25, -0.2) is 0 Å². The number of nitrogens with zero attached hydrogens (tertiary/aromatic N) is 1. The number of para-hydroxylation sites is 1. The first-order chi connectivity index (χ1) is 9.04. The molecule has 0 atom stereocenters. The number of aryl methyl sites for hydroxylation is 1. The highest BCUT2D eigenvalue weighted by atomic mass is 16.5. The predicted octanol–water partition coefficient (Wildman–Crippen LogP) is 1.72. The highest BCUT2D eigenvalue weighted by Crippen LogP contribution is 2.22. The first kappa shape index (κ1) is 13.1. The Labute approximate surface area is 111 Å². The maximum atomic E-state index is 12.4. The molecule has 0 radical (unpaired) electrons. The molecule has 5 heteroatoms. The van der Waals surface area contributed by atoms with E-state index in [1.807, 2.05) is 31.2 Å². The number of ether oxygens (including phenoxy) is 1. The molecule has 2 aromatic rings. The summed E-state index contributed by atoms with van der Waals surface area (Å²) < 4.78 is 4.57. The molecule has 1 aromatic carbocycles. The molecule has 1 heterocycles. The zero-order valence-electron chi connectivity index (χ0n) is 11.2. The van der Waals surface area contributed by atoms with Crippen molar-refractivity contribution in [2.45, 2.75) is 6.92 Å². The summed E-state index contributed by atoms with van der Waals surface area (Å²) in [6.45, 7) is 1.79. The number of rotatable bonds is 3. The number of amides is 1. The number of likely N-dealkylation sites (N-methyl/N-ethyl adjacent to an activating group) is 1. The SMILES string of the molecule is COC(=O)CN(C)C(=O)c1c(C)[nH]c2ccccc12. The van der Waals surface area contributed by atoms with Gasteiger partial charge >= 0.3 is 5.97 Å². The number of aromatic amines is 1. The summed E-state index contributed by atoms with van der Waals surface area (Å²) in [6.07, 6.45) is 0. The van der Waals surface area contributed by atoms with Crippen molar-refractivity contribution in [1.82, 2.24) is 9.88 Å². The lowest BCUT2D eigenvalue weighted by molar-refractivity contribution is -0.141. The molecule has 0 saturated heterocycles. The first-order valence-corrected chi connectivity index (χ1v) is 5.94. The topological polar surface area (TPSA) is 62.4 Å². The lowest BCUT2D eigenvalue weighted by Gasteiger charge is -2.15. The van der Waals surface area contributed by atoms with Gasteiger partial charge in [0.2, 0.25) is 0 Å². The lowest BCUT2D eigenvalue weighted by Crippen LogP contribution is -2.32. The van der Waals surface area contributed by atoms with Gasteiger partial charge in [-0.1, -0.05) is 18.2 Å². The van der Waals surface area contributed by atoms with E-state index in [0.717, 1.165) is 16.6 Å². The molecule has 19 heavy (non-hydrogen) atoms. The summed E-state index contributed by atoms with van der Waals surface area (Å²) in [7, 11) is 2.89. The molecule has 0 aliphatic carbocycles. The monoisotopic (exact) mass is 260 g/mol. The second-order valence-electron chi connectivity index (χ2n) is 4.41. The number of methoxy groups -OCH3 is 1. The molecule has 2 rings (SSSR count). The third-order valence-corrected chi connectivity index (χ3v) is 3.05. The molecule has 0 aliphatic rings. The summed E-state index contributed by atoms with van der Waals surface area (Å²) in [6, 6.07) is 7.59. The van der Waals surface area contributed by atoms with E-state index < -0.39 is 5.97 Å². The van der Waals surface area contributed by atoms with Crippen LogP contribution in [0.5, 0.6) is 0 Å². The maximum absolute atomic E-state index is 12.4. The normalized spacial score (nSPS) is 10.5. The van der Waals surface area contributed by atoms with Crippen molar-refractivity contribution in [3.05, 3.63) is 35.5 Å². The first-order valence-electron chi connectivity index (χ1n) is 5.94. The Morgan fingerprint density at radius 1 is 1.32 bits per heavy atom. The molecule has 0 aliphatic heterocycles. The van der Waals surface area contributed by atoms with E-state index in [2.05, 4.69) is 9.72 Å². The second-order valence-corrected chi connectivity index (χ2v) is 4.41. The number of nitrogens with one attached hydrogen (secondary N) is 1. The Kier molecular flexibility index (Phi) is 3.55. The van der Waals surface area contributed by atoms with Crippen LogP contribution < -0.4 is 0 Å². The van der Waals surface area contributed by atoms with Crippen molar-refractivity contribution in [3.63, 3.8) is 0 Å². The second kappa shape index (κ2) is 5.14. The van der Waals surface area contributed by atoms with Gasteiger partial charge in [-0.05, 0) is 13.0 Å². The number of benzene rings is 1. The van der Waals surface area contributed by atoms with Gasteiger partial charge in [0.1, 0.15) is 6.54 Å². The van der Waals surface area contributed by atoms with E-state index >= 15 is 0 Å². The van der Waals surface area contributed by atoms with Crippen LogP contribution in [0.3, 0.4) is 0 Å². The summed E-state index contributed by atoms with van der Waals surface area (Å²) in [5.74, 6) is -0.631. The van der Waals surface area contributed by atoms with E-state index in [1.165, 1.54) is 12.0 Å². The third kappa shape index (κ3) is 2.45. The summed E-state index contributed by atoms with van der Waals surface area (Å²) >= 11 is 0. The minimum atomic E-state index is -0.437. The van der Waals surface area contributed by atoms with Crippen molar-refractivity contribution in [2.75, 3.05) is 20.7 Å². The van der Waals surface area contributed by atoms with Gasteiger partial charge in [-0.2, -0.15) is 0 Å². The minimum Gasteiger partial charge on any atom is -0.468 e. The number of H-pyrrole nitrogens is 1. The Bertz CT molecular complexity index is 631. The standard InChI is InChI=1S/C14H16N2O3/c1-9-13(10-6-4-5-7-11(10)15-9)14(18)16(2)8-12(17)19-3/h4-7,15H,8H2,1-3H3. The van der Waals surface area contributed by atoms with Crippen LogP contribution in [0.25, 0.3) is 10.9 Å². The van der Waals surface area contributed by atoms with Gasteiger partial charge in [0.15, 0.2) is 0 Å². The quantitative estimate of drug-likeness (QED) is 0.855. The van der Waals surface area contributed by atoms with Crippen molar-refractivity contribution in [2.24, 2.45) is 0 Å². The zero-order valence-corrected chi connectivity index (χ0v) is 11.2. The molecule has 0 spiro atoms. The van der Waals surface area contributed by atoms with Crippen molar-refractivity contribution in [3.8, 4) is 0 Å². The molecular formula is C14H16N2O3. The Morgan fingerprint density at radius 2 is 2.00 bits per heavy atom. The van der Waals surface area contributed by atoms with Crippen LogP contribution in [-0.4, -0.2) is 42.5 Å². The molecule has 1 N–H and O–H groups in total. The molecular weight excluding hydrogens is 244 g/mol. The molecule has 5 nitrogen and oxygen atoms in total. The average molecular weight is 260 g/mol. The zero-order chi connectivity index (χ0) is 14.0. The lowest BCUT2D eigenvalue weighted by atomic mass is 10.1. The van der Waals surface area contributed by atoms with Crippen molar-refractivity contribution in [1.29, 1.82) is 0 Å². The fourth-order valence-corrected chi connectivity index (χ4v) is 2.07. The van der Waals surface area contributed by atoms with E-state index in [1.54, 1.807) is 7.05 Å². The fraction of sp³-hybridized carbons (Fsp3) is 0.286. The van der Waals surface area contributed by atoms with Gasteiger partial charge in [0.05, 0.1) is 12.7 Å². The molecule has 0 saturated carbocycles. The number of esters is 1. The van der Waals surface area contributed by atoms with Crippen LogP contribution in [0.15, 0.2) is 24.3 Å². The maximum Gasteiger partial charge on any atom is 0.325 e. The van der Waals surface area contributed by atoms with Crippen LogP contribution in [0.4, 0.5) is 0 Å². The molecule has 1 aromatic heterocycles. The van der Waals surface area contributed by atoms with E-state index in [9.17, 15) is 9.59 Å². The Balaban J connectivity index is 2.36. The summed E-state index contributed by atoms with van der Waals surface area (Å²) in [5, 5.41) is 0.863. The number of hydrogen-bond acceptors (Lipinski definition) is 3. The number of carbonyl (C=O) groups excluding carboxylic acids is 2. The van der Waals surface area contributed by atoms with Crippen LogP contribution in [-0.2, 0) is 9.53 Å². The van der Waals surface area contributed by atoms with E-state index in [0.29, 0.717) is 5.56 Å². The number of aromatic nitrogens is 1. The number of carbonyl (C=O) groups is 2. The van der Waals surface area contributed by atoms with Gasteiger partial charge in [-0.15, -0.1) is 0 Å². The third-order valence-electron chi connectivity index (χ3n) is 3.05. The van der Waals surface area contributed by atoms with Gasteiger partial charge in [0, 0.05) is 23.6 Å². The average Bonchev–Trinajstić information content (AvgIpc) is 2.73. The van der Waals surface area contributed by atoms with E-state index in [4.69, 9.17) is 0 Å². The largest absolute Gasteiger partial charge is 0.468 e. The van der Waals surface area contributed by atoms with Gasteiger partial charge in [0.25, 0.3) is 5.91 Å². The van der Waals surface area contributed by atoms with Crippen molar-refractivity contribution < 1.29 is 14.3 Å². The molecule has 0 fully saturated rings.